The van der Waals surface area contributed by atoms with E-state index in [4.69, 9.17) is 0 Å². The maximum absolute atomic E-state index is 12.4. The van der Waals surface area contributed by atoms with Crippen molar-refractivity contribution in [3.05, 3.63) is 29.8 Å². The molecule has 0 aliphatic carbocycles. The van der Waals surface area contributed by atoms with Gasteiger partial charge in [0, 0.05) is 25.3 Å². The van der Waals surface area contributed by atoms with Crippen LogP contribution in [0.15, 0.2) is 24.3 Å². The Balaban J connectivity index is 2.83. The van der Waals surface area contributed by atoms with Gasteiger partial charge in [-0.2, -0.15) is 0 Å². The lowest BCUT2D eigenvalue weighted by atomic mass is 10.1. The second-order valence-electron chi connectivity index (χ2n) is 4.05. The fraction of sp³-hybridized carbons (Fsp3) is 0.417. The Morgan fingerprint density at radius 1 is 1.35 bits per heavy atom. The summed E-state index contributed by atoms with van der Waals surface area (Å²) in [6.07, 6.45) is -2.44. The molecule has 0 heterocycles. The van der Waals surface area contributed by atoms with Crippen LogP contribution in [0.5, 0.6) is 0 Å². The highest BCUT2D eigenvalue weighted by Gasteiger charge is 2.15. The number of nitrogens with zero attached hydrogens (tertiary/aromatic N) is 1. The molecule has 0 saturated carbocycles. The van der Waals surface area contributed by atoms with Gasteiger partial charge in [-0.15, -0.1) is 0 Å². The first-order chi connectivity index (χ1) is 7.91. The summed E-state index contributed by atoms with van der Waals surface area (Å²) in [6.45, 7) is 1.39. The van der Waals surface area contributed by atoms with Crippen LogP contribution in [0.3, 0.4) is 0 Å². The molecule has 1 amide bonds. The van der Waals surface area contributed by atoms with E-state index in [2.05, 4.69) is 5.32 Å². The fourth-order valence-electron chi connectivity index (χ4n) is 1.33. The number of nitrogens with one attached hydrogen (secondary N) is 1. The Bertz CT molecular complexity index is 394. The summed E-state index contributed by atoms with van der Waals surface area (Å²) >= 11 is 0. The second-order valence-corrected chi connectivity index (χ2v) is 4.05. The molecule has 1 unspecified atom stereocenters. The predicted molar refractivity (Wildman–Crippen MR) is 63.5 cm³/mol. The van der Waals surface area contributed by atoms with Crippen LogP contribution in [0, 0.1) is 0 Å². The van der Waals surface area contributed by atoms with E-state index in [1.165, 1.54) is 11.8 Å². The summed E-state index contributed by atoms with van der Waals surface area (Å²) in [5.74, 6) is -0.154. The third-order valence-electron chi connectivity index (χ3n) is 2.29. The zero-order valence-electron chi connectivity index (χ0n) is 10.1. The van der Waals surface area contributed by atoms with Gasteiger partial charge in [0.1, 0.15) is 0 Å². The monoisotopic (exact) mass is 242 g/mol. The van der Waals surface area contributed by atoms with Crippen LogP contribution >= 0.6 is 0 Å². The lowest BCUT2D eigenvalue weighted by Gasteiger charge is -2.15. The number of anilines is 1. The molecule has 0 bridgehead atoms. The number of hydrogen-bond donors (Lipinski definition) is 1. The molecule has 0 aliphatic rings. The van der Waals surface area contributed by atoms with Gasteiger partial charge < -0.3 is 10.2 Å². The third kappa shape index (κ3) is 3.69. The third-order valence-corrected chi connectivity index (χ3v) is 2.29. The van der Waals surface area contributed by atoms with Crippen LogP contribution < -0.4 is 5.32 Å². The lowest BCUT2D eigenvalue weighted by molar-refractivity contribution is 0.0827. The number of carbonyl (C=O) groups is 1. The smallest absolute Gasteiger partial charge is 0.258 e. The van der Waals surface area contributed by atoms with Crippen LogP contribution in [0.1, 0.15) is 17.3 Å². The highest BCUT2D eigenvalue weighted by Crippen LogP contribution is 2.15. The van der Waals surface area contributed by atoms with E-state index in [0.717, 1.165) is 0 Å². The van der Waals surface area contributed by atoms with Gasteiger partial charge in [-0.1, -0.05) is 6.07 Å². The van der Waals surface area contributed by atoms with Crippen molar-refractivity contribution in [1.29, 1.82) is 0 Å². The Kier molecular flexibility index (Phi) is 4.43. The molecule has 0 aromatic heterocycles. The SMILES string of the molecule is CC(Nc1cccc(C(=O)N(C)C)c1)C(F)F. The Morgan fingerprint density at radius 3 is 2.53 bits per heavy atom. The average molecular weight is 242 g/mol. The normalized spacial score (nSPS) is 12.4. The molecule has 0 fully saturated rings. The summed E-state index contributed by atoms with van der Waals surface area (Å²) < 4.78 is 24.7. The van der Waals surface area contributed by atoms with E-state index >= 15 is 0 Å². The van der Waals surface area contributed by atoms with E-state index < -0.39 is 12.5 Å². The molecule has 1 rings (SSSR count). The maximum atomic E-state index is 12.4. The zero-order chi connectivity index (χ0) is 13.0. The molecule has 1 aromatic carbocycles. The van der Waals surface area contributed by atoms with Gasteiger partial charge in [-0.25, -0.2) is 8.78 Å². The van der Waals surface area contributed by atoms with Crippen molar-refractivity contribution in [3.63, 3.8) is 0 Å². The molecule has 0 aliphatic heterocycles. The van der Waals surface area contributed by atoms with Gasteiger partial charge in [0.05, 0.1) is 6.04 Å². The predicted octanol–water partition coefficient (Wildman–Crippen LogP) is 2.45. The van der Waals surface area contributed by atoms with Crippen LogP contribution in [0.2, 0.25) is 0 Å². The summed E-state index contributed by atoms with van der Waals surface area (Å²) in [7, 11) is 3.29. The molecule has 1 aromatic rings. The first kappa shape index (κ1) is 13.4. The largest absolute Gasteiger partial charge is 0.377 e. The number of alkyl halides is 2. The minimum Gasteiger partial charge on any atom is -0.377 e. The van der Waals surface area contributed by atoms with Gasteiger partial charge in [0.2, 0.25) is 0 Å². The highest BCUT2D eigenvalue weighted by atomic mass is 19.3. The molecule has 94 valence electrons. The van der Waals surface area contributed by atoms with Crippen molar-refractivity contribution in [2.75, 3.05) is 19.4 Å². The quantitative estimate of drug-likeness (QED) is 0.879. The molecule has 1 atom stereocenters. The Hall–Kier alpha value is -1.65. The Morgan fingerprint density at radius 2 is 2.00 bits per heavy atom. The summed E-state index contributed by atoms with van der Waals surface area (Å²) in [6, 6.07) is 5.60. The van der Waals surface area contributed by atoms with Crippen LogP contribution in [-0.4, -0.2) is 37.4 Å². The van der Waals surface area contributed by atoms with E-state index in [1.807, 2.05) is 0 Å². The minimum atomic E-state index is -2.44. The molecular formula is C12H16F2N2O. The molecule has 1 N–H and O–H groups in total. The van der Waals surface area contributed by atoms with E-state index in [9.17, 15) is 13.6 Å². The molecule has 0 saturated heterocycles. The molecule has 3 nitrogen and oxygen atoms in total. The number of hydrogen-bond acceptors (Lipinski definition) is 2. The van der Waals surface area contributed by atoms with Crippen LogP contribution in [-0.2, 0) is 0 Å². The van der Waals surface area contributed by atoms with Crippen molar-refractivity contribution in [2.45, 2.75) is 19.4 Å². The summed E-state index contributed by atoms with van der Waals surface area (Å²) in [4.78, 5) is 13.1. The van der Waals surface area contributed by atoms with E-state index in [0.29, 0.717) is 11.3 Å². The summed E-state index contributed by atoms with van der Waals surface area (Å²) in [5.41, 5.74) is 0.993. The van der Waals surface area contributed by atoms with Gasteiger partial charge >= 0.3 is 0 Å². The molecular weight excluding hydrogens is 226 g/mol. The fourth-order valence-corrected chi connectivity index (χ4v) is 1.33. The van der Waals surface area contributed by atoms with Crippen molar-refractivity contribution >= 4 is 11.6 Å². The van der Waals surface area contributed by atoms with Crippen LogP contribution in [0.25, 0.3) is 0 Å². The first-order valence-electron chi connectivity index (χ1n) is 5.28. The van der Waals surface area contributed by atoms with Gasteiger partial charge in [0.15, 0.2) is 0 Å². The standard InChI is InChI=1S/C12H16F2N2O/c1-8(11(13)14)15-10-6-4-5-9(7-10)12(17)16(2)3/h4-8,11,15H,1-3H3. The van der Waals surface area contributed by atoms with E-state index in [1.54, 1.807) is 38.4 Å². The van der Waals surface area contributed by atoms with Crippen LogP contribution in [0.4, 0.5) is 14.5 Å². The number of carbonyl (C=O) groups excluding carboxylic acids is 1. The number of rotatable bonds is 4. The Labute approximate surface area is 99.4 Å². The number of benzene rings is 1. The van der Waals surface area contributed by atoms with Crippen molar-refractivity contribution in [2.24, 2.45) is 0 Å². The topological polar surface area (TPSA) is 32.3 Å². The van der Waals surface area contributed by atoms with E-state index in [-0.39, 0.29) is 5.91 Å². The second kappa shape index (κ2) is 5.61. The molecule has 0 spiro atoms. The van der Waals surface area contributed by atoms with Gasteiger partial charge in [-0.3, -0.25) is 4.79 Å². The summed E-state index contributed by atoms with van der Waals surface area (Å²) in [5, 5.41) is 2.65. The van der Waals surface area contributed by atoms with Crippen molar-refractivity contribution in [3.8, 4) is 0 Å². The highest BCUT2D eigenvalue weighted by molar-refractivity contribution is 5.94. The van der Waals surface area contributed by atoms with Crippen molar-refractivity contribution in [1.82, 2.24) is 4.90 Å². The lowest BCUT2D eigenvalue weighted by Crippen LogP contribution is -2.24. The molecule has 0 radical (unpaired) electrons. The van der Waals surface area contributed by atoms with Gasteiger partial charge in [-0.05, 0) is 25.1 Å². The van der Waals surface area contributed by atoms with Crippen molar-refractivity contribution < 1.29 is 13.6 Å². The zero-order valence-corrected chi connectivity index (χ0v) is 10.1. The number of amides is 1. The first-order valence-corrected chi connectivity index (χ1v) is 5.28. The maximum Gasteiger partial charge on any atom is 0.258 e. The average Bonchev–Trinajstić information content (AvgIpc) is 2.28. The number of halogens is 2. The minimum absolute atomic E-state index is 0.154. The molecule has 17 heavy (non-hydrogen) atoms. The van der Waals surface area contributed by atoms with Gasteiger partial charge in [0.25, 0.3) is 12.3 Å². The molecule has 5 heteroatoms.